The Morgan fingerprint density at radius 3 is 2.29 bits per heavy atom. The van der Waals surface area contributed by atoms with E-state index in [1.807, 2.05) is 27.3 Å². The summed E-state index contributed by atoms with van der Waals surface area (Å²) in [6.07, 6.45) is 1.03. The summed E-state index contributed by atoms with van der Waals surface area (Å²) >= 11 is 1.62. The van der Waals surface area contributed by atoms with E-state index in [1.54, 1.807) is 11.3 Å². The monoisotopic (exact) mass is 351 g/mol. The lowest BCUT2D eigenvalue weighted by atomic mass is 10.2. The molecule has 0 bridgehead atoms. The molecule has 0 atom stereocenters. The number of rotatable bonds is 5. The lowest BCUT2D eigenvalue weighted by Gasteiger charge is -2.35. The number of nitrogens with zero attached hydrogens (tertiary/aromatic N) is 3. The maximum Gasteiger partial charge on any atom is 0.227 e. The third-order valence-corrected chi connectivity index (χ3v) is 5.51. The van der Waals surface area contributed by atoms with E-state index >= 15 is 0 Å². The summed E-state index contributed by atoms with van der Waals surface area (Å²) in [6, 6.07) is 3.96. The van der Waals surface area contributed by atoms with Crippen molar-refractivity contribution in [3.05, 3.63) is 22.4 Å². The van der Waals surface area contributed by atoms with Crippen LogP contribution in [-0.4, -0.2) is 85.5 Å². The minimum Gasteiger partial charge on any atom is -0.379 e. The van der Waals surface area contributed by atoms with Gasteiger partial charge in [-0.1, -0.05) is 6.07 Å². The largest absolute Gasteiger partial charge is 0.379 e. The van der Waals surface area contributed by atoms with E-state index in [9.17, 15) is 9.59 Å². The molecule has 0 spiro atoms. The summed E-state index contributed by atoms with van der Waals surface area (Å²) in [5, 5.41) is 1.99. The maximum atomic E-state index is 12.3. The summed E-state index contributed by atoms with van der Waals surface area (Å²) in [5.74, 6) is 0.365. The van der Waals surface area contributed by atoms with Crippen LogP contribution in [0.25, 0.3) is 0 Å². The van der Waals surface area contributed by atoms with E-state index in [2.05, 4.69) is 4.90 Å². The van der Waals surface area contributed by atoms with E-state index in [4.69, 9.17) is 4.74 Å². The topological polar surface area (TPSA) is 53.1 Å². The van der Waals surface area contributed by atoms with Crippen molar-refractivity contribution >= 4 is 23.2 Å². The van der Waals surface area contributed by atoms with E-state index in [0.717, 1.165) is 37.7 Å². The molecule has 0 N–H and O–H groups in total. The predicted octanol–water partition coefficient (Wildman–Crippen LogP) is 0.684. The zero-order valence-electron chi connectivity index (χ0n) is 14.0. The van der Waals surface area contributed by atoms with E-state index in [1.165, 1.54) is 0 Å². The molecular weight excluding hydrogens is 326 g/mol. The standard InChI is InChI=1S/C17H25N3O3S/c21-16(3-4-18-9-11-23-12-10-18)19-5-7-20(8-6-19)17(22)14-15-2-1-13-24-15/h1-2,13H,3-12,14H2. The van der Waals surface area contributed by atoms with Crippen LogP contribution >= 0.6 is 11.3 Å². The number of amides is 2. The molecule has 2 amide bonds. The van der Waals surface area contributed by atoms with Gasteiger partial charge in [0.05, 0.1) is 19.6 Å². The minimum atomic E-state index is 0.165. The smallest absolute Gasteiger partial charge is 0.227 e. The normalized spacial score (nSPS) is 19.5. The zero-order valence-corrected chi connectivity index (χ0v) is 14.8. The quantitative estimate of drug-likeness (QED) is 0.783. The van der Waals surface area contributed by atoms with E-state index < -0.39 is 0 Å². The van der Waals surface area contributed by atoms with Gasteiger partial charge in [-0.3, -0.25) is 14.5 Å². The first kappa shape index (κ1) is 17.4. The van der Waals surface area contributed by atoms with Crippen LogP contribution < -0.4 is 0 Å². The second-order valence-electron chi connectivity index (χ2n) is 6.22. The first-order valence-electron chi connectivity index (χ1n) is 8.60. The van der Waals surface area contributed by atoms with Crippen LogP contribution in [0, 0.1) is 0 Å². The number of carbonyl (C=O) groups excluding carboxylic acids is 2. The Hall–Kier alpha value is -1.44. The molecule has 24 heavy (non-hydrogen) atoms. The van der Waals surface area contributed by atoms with Crippen LogP contribution in [0.4, 0.5) is 0 Å². The molecule has 3 heterocycles. The lowest BCUT2D eigenvalue weighted by Crippen LogP contribution is -2.51. The van der Waals surface area contributed by atoms with Crippen LogP contribution in [0.1, 0.15) is 11.3 Å². The SMILES string of the molecule is O=C(CCN1CCOCC1)N1CCN(C(=O)Cc2cccs2)CC1. The molecule has 2 fully saturated rings. The van der Waals surface area contributed by atoms with Gasteiger partial charge >= 0.3 is 0 Å². The summed E-state index contributed by atoms with van der Waals surface area (Å²) in [7, 11) is 0. The van der Waals surface area contributed by atoms with Gasteiger partial charge in [-0.25, -0.2) is 0 Å². The van der Waals surface area contributed by atoms with Crippen molar-refractivity contribution < 1.29 is 14.3 Å². The molecule has 0 radical (unpaired) electrons. The molecule has 2 aliphatic heterocycles. The zero-order chi connectivity index (χ0) is 16.8. The average molecular weight is 351 g/mol. The van der Waals surface area contributed by atoms with Gasteiger partial charge < -0.3 is 14.5 Å². The van der Waals surface area contributed by atoms with Gasteiger partial charge in [0.1, 0.15) is 0 Å². The van der Waals surface area contributed by atoms with Gasteiger partial charge in [-0.05, 0) is 11.4 Å². The molecule has 2 saturated heterocycles. The maximum absolute atomic E-state index is 12.3. The molecule has 1 aromatic heterocycles. The fourth-order valence-electron chi connectivity index (χ4n) is 3.12. The lowest BCUT2D eigenvalue weighted by molar-refractivity contribution is -0.139. The second-order valence-corrected chi connectivity index (χ2v) is 7.25. The number of thiophene rings is 1. The summed E-state index contributed by atoms with van der Waals surface area (Å²) < 4.78 is 5.32. The highest BCUT2D eigenvalue weighted by Crippen LogP contribution is 2.12. The highest BCUT2D eigenvalue weighted by atomic mass is 32.1. The molecule has 0 aromatic carbocycles. The molecule has 0 aliphatic carbocycles. The van der Waals surface area contributed by atoms with Gasteiger partial charge in [-0.2, -0.15) is 0 Å². The highest BCUT2D eigenvalue weighted by molar-refractivity contribution is 7.10. The number of hydrogen-bond donors (Lipinski definition) is 0. The molecule has 3 rings (SSSR count). The Balaban J connectivity index is 1.37. The molecule has 132 valence electrons. The van der Waals surface area contributed by atoms with Crippen molar-refractivity contribution in [3.8, 4) is 0 Å². The van der Waals surface area contributed by atoms with E-state index in [0.29, 0.717) is 39.0 Å². The van der Waals surface area contributed by atoms with E-state index in [-0.39, 0.29) is 11.8 Å². The van der Waals surface area contributed by atoms with Gasteiger partial charge in [0.25, 0.3) is 0 Å². The third-order valence-electron chi connectivity index (χ3n) is 4.64. The Labute approximate surface area is 147 Å². The van der Waals surface area contributed by atoms with Gasteiger partial charge in [-0.15, -0.1) is 11.3 Å². The Bertz CT molecular complexity index is 535. The molecule has 6 nitrogen and oxygen atoms in total. The number of hydrogen-bond acceptors (Lipinski definition) is 5. The summed E-state index contributed by atoms with van der Waals surface area (Å²) in [6.45, 7) is 6.76. The Morgan fingerprint density at radius 2 is 1.67 bits per heavy atom. The van der Waals surface area contributed by atoms with Gasteiger partial charge in [0, 0.05) is 57.1 Å². The van der Waals surface area contributed by atoms with Crippen LogP contribution in [-0.2, 0) is 20.7 Å². The number of ether oxygens (including phenoxy) is 1. The predicted molar refractivity (Wildman–Crippen MR) is 93.1 cm³/mol. The van der Waals surface area contributed by atoms with Crippen molar-refractivity contribution in [1.82, 2.24) is 14.7 Å². The molecule has 2 aliphatic rings. The number of morpholine rings is 1. The molecule has 0 unspecified atom stereocenters. The van der Waals surface area contributed by atoms with Gasteiger partial charge in [0.2, 0.25) is 11.8 Å². The fourth-order valence-corrected chi connectivity index (χ4v) is 3.81. The van der Waals surface area contributed by atoms with Crippen LogP contribution in [0.5, 0.6) is 0 Å². The second kappa shape index (κ2) is 8.60. The van der Waals surface area contributed by atoms with Gasteiger partial charge in [0.15, 0.2) is 0 Å². The van der Waals surface area contributed by atoms with Crippen LogP contribution in [0.3, 0.4) is 0 Å². The molecule has 0 saturated carbocycles. The van der Waals surface area contributed by atoms with Crippen LogP contribution in [0.2, 0.25) is 0 Å². The first-order chi connectivity index (χ1) is 11.7. The highest BCUT2D eigenvalue weighted by Gasteiger charge is 2.24. The van der Waals surface area contributed by atoms with Crippen molar-refractivity contribution in [1.29, 1.82) is 0 Å². The number of piperazine rings is 1. The molecule has 1 aromatic rings. The van der Waals surface area contributed by atoms with Crippen molar-refractivity contribution in [3.63, 3.8) is 0 Å². The minimum absolute atomic E-state index is 0.165. The Kier molecular flexibility index (Phi) is 6.23. The summed E-state index contributed by atoms with van der Waals surface area (Å²) in [4.78, 5) is 31.8. The number of carbonyl (C=O) groups is 2. The van der Waals surface area contributed by atoms with Crippen LogP contribution in [0.15, 0.2) is 17.5 Å². The van der Waals surface area contributed by atoms with Crippen molar-refractivity contribution in [2.45, 2.75) is 12.8 Å². The van der Waals surface area contributed by atoms with Crippen molar-refractivity contribution in [2.24, 2.45) is 0 Å². The van der Waals surface area contributed by atoms with Crippen molar-refractivity contribution in [2.75, 3.05) is 59.0 Å². The Morgan fingerprint density at radius 1 is 1.00 bits per heavy atom. The molecule has 7 heteroatoms. The fraction of sp³-hybridized carbons (Fsp3) is 0.647. The first-order valence-corrected chi connectivity index (χ1v) is 9.48. The third kappa shape index (κ3) is 4.78. The summed E-state index contributed by atoms with van der Waals surface area (Å²) in [5.41, 5.74) is 0. The molecular formula is C17H25N3O3S. The average Bonchev–Trinajstić information content (AvgIpc) is 3.13.